The average Bonchev–Trinajstić information content (AvgIpc) is 3.04. The third-order valence-electron chi connectivity index (χ3n) is 10.6. The summed E-state index contributed by atoms with van der Waals surface area (Å²) in [5.74, 6) is -9.25. The quantitative estimate of drug-likeness (QED) is 0.208. The number of phenolic OH excluding ortho intramolecular Hbond substituents is 1. The summed E-state index contributed by atoms with van der Waals surface area (Å²) in [5.41, 5.74) is 16.2. The summed E-state index contributed by atoms with van der Waals surface area (Å²) in [6.45, 7) is 1.22. The number of primary amides is 1. The lowest BCUT2D eigenvalue weighted by atomic mass is 9.42. The van der Waals surface area contributed by atoms with Gasteiger partial charge in [0.2, 0.25) is 5.91 Å². The van der Waals surface area contributed by atoms with Crippen molar-refractivity contribution in [2.75, 3.05) is 21.2 Å². The van der Waals surface area contributed by atoms with E-state index in [1.807, 2.05) is 48.5 Å². The molecule has 0 aliphatic heterocycles. The van der Waals surface area contributed by atoms with Crippen molar-refractivity contribution in [1.82, 2.24) is 10.2 Å². The highest BCUT2D eigenvalue weighted by molar-refractivity contribution is 6.33. The number of amides is 1. The van der Waals surface area contributed by atoms with E-state index in [0.29, 0.717) is 29.8 Å². The van der Waals surface area contributed by atoms with Crippen molar-refractivity contribution in [3.63, 3.8) is 0 Å². The average molecular weight is 679 g/mol. The first kappa shape index (κ1) is 34.6. The number of hydrogen-bond donors (Lipinski definition) is 5. The predicted octanol–water partition coefficient (Wildman–Crippen LogP) is 0.774. The molecule has 0 bridgehead atoms. The Labute approximate surface area is 288 Å². The number of rotatable bonds is 8. The maximum Gasteiger partial charge on any atom is 0.235 e. The molecule has 2 unspecified atom stereocenters. The Bertz CT molecular complexity index is 1990. The van der Waals surface area contributed by atoms with E-state index in [9.17, 15) is 34.3 Å². The molecule has 2 fully saturated rings. The molecule has 6 atom stereocenters. The van der Waals surface area contributed by atoms with Gasteiger partial charge in [0.25, 0.3) is 0 Å². The second-order valence-corrected chi connectivity index (χ2v) is 13.8. The van der Waals surface area contributed by atoms with Gasteiger partial charge in [-0.15, -0.1) is 0 Å². The number of phenols is 1. The third-order valence-corrected chi connectivity index (χ3v) is 10.6. The Balaban J connectivity index is 1.36. The zero-order chi connectivity index (χ0) is 36.3. The van der Waals surface area contributed by atoms with Gasteiger partial charge in [-0.05, 0) is 73.0 Å². The number of carbonyl (C=O) groups excluding carboxylic acids is 5. The molecule has 2 saturated carbocycles. The van der Waals surface area contributed by atoms with Crippen LogP contribution >= 0.6 is 0 Å². The van der Waals surface area contributed by atoms with Crippen molar-refractivity contribution in [1.29, 1.82) is 5.26 Å². The van der Waals surface area contributed by atoms with E-state index in [2.05, 4.69) is 5.32 Å². The molecule has 3 aromatic carbocycles. The summed E-state index contributed by atoms with van der Waals surface area (Å²) in [5, 5.41) is 24.9. The van der Waals surface area contributed by atoms with E-state index in [4.69, 9.17) is 21.9 Å². The number of Topliss-reactive ketones (excluding diaryl/α,β-unsaturated/α-hetero) is 4. The maximum absolute atomic E-state index is 14.5. The maximum atomic E-state index is 14.5. The molecular formula is C37H38N6O7. The minimum Gasteiger partial charge on any atom is -0.507 e. The lowest BCUT2D eigenvalue weighted by Crippen LogP contribution is -2.85. The van der Waals surface area contributed by atoms with Crippen LogP contribution in [0.25, 0.3) is 11.1 Å². The first-order valence-corrected chi connectivity index (χ1v) is 16.0. The Hall–Kier alpha value is -5.26. The van der Waals surface area contributed by atoms with Crippen molar-refractivity contribution in [2.45, 2.75) is 43.1 Å². The fourth-order valence-electron chi connectivity index (χ4n) is 8.37. The van der Waals surface area contributed by atoms with Gasteiger partial charge in [-0.2, -0.15) is 5.26 Å². The van der Waals surface area contributed by atoms with E-state index in [1.54, 1.807) is 19.2 Å². The Kier molecular flexibility index (Phi) is 8.48. The van der Waals surface area contributed by atoms with Gasteiger partial charge in [-0.1, -0.05) is 42.5 Å². The standard InChI is InChI=1S/C37H38N6O7/c1-43(2)31-30(46)27(34(39)49)32(47)36(18-38)33(48)28-29(45)26-24(14-35(28,40)17-37(31,36)41)23(12-13-25(26)44)21-8-4-19(5-9-21)15-42-16-20-6-10-22(50-3)11-7-20/h4-13,27-28,31,42,44H,14-17,40-41H2,1-3H3,(H2,39,49)/t27?,28?,31-,35-,36+,37-/m1/s1. The van der Waals surface area contributed by atoms with E-state index in [0.717, 1.165) is 16.9 Å². The highest BCUT2D eigenvalue weighted by Gasteiger charge is 2.78. The van der Waals surface area contributed by atoms with Gasteiger partial charge in [0, 0.05) is 18.6 Å². The lowest BCUT2D eigenvalue weighted by Gasteiger charge is -2.60. The molecule has 50 heavy (non-hydrogen) atoms. The van der Waals surface area contributed by atoms with Gasteiger partial charge in [0.15, 0.2) is 34.5 Å². The number of benzene rings is 3. The molecule has 13 nitrogen and oxygen atoms in total. The van der Waals surface area contributed by atoms with Gasteiger partial charge in [-0.25, -0.2) is 0 Å². The summed E-state index contributed by atoms with van der Waals surface area (Å²) in [6, 6.07) is 18.6. The Morgan fingerprint density at radius 3 is 2.12 bits per heavy atom. The molecule has 0 heterocycles. The molecule has 3 aromatic rings. The molecule has 0 spiro atoms. The molecular weight excluding hydrogens is 640 g/mol. The van der Waals surface area contributed by atoms with Crippen LogP contribution < -0.4 is 27.3 Å². The molecule has 13 heteroatoms. The molecule has 6 rings (SSSR count). The van der Waals surface area contributed by atoms with Crippen LogP contribution in [0.15, 0.2) is 60.7 Å². The number of aromatic hydroxyl groups is 1. The number of likely N-dealkylation sites (N-methyl/N-ethyl adjacent to an activating group) is 1. The second kappa shape index (κ2) is 12.3. The summed E-state index contributed by atoms with van der Waals surface area (Å²) in [6.07, 6.45) is -0.629. The minimum atomic E-state index is -2.79. The molecule has 3 aliphatic rings. The highest BCUT2D eigenvalue weighted by Crippen LogP contribution is 2.57. The second-order valence-electron chi connectivity index (χ2n) is 13.8. The fraction of sp³-hybridized carbons (Fsp3) is 0.351. The van der Waals surface area contributed by atoms with Gasteiger partial charge >= 0.3 is 0 Å². The number of nitrogens with zero attached hydrogens (tertiary/aromatic N) is 2. The number of fused-ring (bicyclic) bond motifs is 3. The lowest BCUT2D eigenvalue weighted by molar-refractivity contribution is -0.166. The normalized spacial score (nSPS) is 28.8. The number of methoxy groups -OCH3 is 1. The summed E-state index contributed by atoms with van der Waals surface area (Å²) < 4.78 is 5.21. The van der Waals surface area contributed by atoms with Gasteiger partial charge < -0.3 is 32.4 Å². The van der Waals surface area contributed by atoms with Crippen LogP contribution in [0.3, 0.4) is 0 Å². The number of hydrogen-bond acceptors (Lipinski definition) is 12. The molecule has 3 aliphatic carbocycles. The van der Waals surface area contributed by atoms with Crippen LogP contribution in [0.1, 0.15) is 33.5 Å². The molecule has 0 radical (unpaired) electrons. The molecule has 8 N–H and O–H groups in total. The summed E-state index contributed by atoms with van der Waals surface area (Å²) >= 11 is 0. The van der Waals surface area contributed by atoms with Crippen LogP contribution in [0.4, 0.5) is 0 Å². The molecule has 1 amide bonds. The first-order valence-electron chi connectivity index (χ1n) is 16.0. The minimum absolute atomic E-state index is 0.151. The van der Waals surface area contributed by atoms with E-state index < -0.39 is 75.6 Å². The van der Waals surface area contributed by atoms with Crippen molar-refractivity contribution < 1.29 is 33.8 Å². The number of nitrogens with two attached hydrogens (primary N) is 3. The van der Waals surface area contributed by atoms with Crippen LogP contribution in [-0.4, -0.2) is 77.4 Å². The largest absolute Gasteiger partial charge is 0.507 e. The summed E-state index contributed by atoms with van der Waals surface area (Å²) in [7, 11) is 4.54. The van der Waals surface area contributed by atoms with Gasteiger partial charge in [0.1, 0.15) is 17.4 Å². The zero-order valence-electron chi connectivity index (χ0n) is 27.9. The monoisotopic (exact) mass is 678 g/mol. The first-order chi connectivity index (χ1) is 23.6. The van der Waals surface area contributed by atoms with Crippen LogP contribution in [0, 0.1) is 28.6 Å². The number of ether oxygens (including phenoxy) is 1. The fourth-order valence-corrected chi connectivity index (χ4v) is 8.37. The van der Waals surface area contributed by atoms with Gasteiger partial charge in [0.05, 0.1) is 30.3 Å². The number of nitriles is 1. The van der Waals surface area contributed by atoms with E-state index in [1.165, 1.54) is 25.1 Å². The smallest absolute Gasteiger partial charge is 0.235 e. The van der Waals surface area contributed by atoms with Crippen molar-refractivity contribution in [2.24, 2.45) is 34.5 Å². The van der Waals surface area contributed by atoms with Crippen molar-refractivity contribution >= 4 is 29.0 Å². The SMILES string of the molecule is COc1ccc(CNCc2ccc(-c3ccc(O)c4c3C[C@@]3(N)C[C@@]5(N)[C@H](N(C)C)C(=O)C(C(N)=O)C(=O)[C@@]5(C#N)C(=O)C3C4=O)cc2)cc1. The number of ketones is 4. The van der Waals surface area contributed by atoms with Crippen molar-refractivity contribution in [3.05, 3.63) is 82.9 Å². The Morgan fingerprint density at radius 1 is 0.980 bits per heavy atom. The summed E-state index contributed by atoms with van der Waals surface area (Å²) in [4.78, 5) is 70.1. The third kappa shape index (κ3) is 4.94. The Morgan fingerprint density at radius 2 is 1.58 bits per heavy atom. The number of nitrogens with one attached hydrogen (secondary N) is 1. The molecule has 0 saturated heterocycles. The molecule has 258 valence electrons. The highest BCUT2D eigenvalue weighted by atomic mass is 16.5. The van der Waals surface area contributed by atoms with Crippen molar-refractivity contribution in [3.8, 4) is 28.7 Å². The zero-order valence-corrected chi connectivity index (χ0v) is 27.9. The predicted molar refractivity (Wildman–Crippen MR) is 180 cm³/mol. The van der Waals surface area contributed by atoms with Crippen LogP contribution in [0.5, 0.6) is 11.5 Å². The van der Waals surface area contributed by atoms with Gasteiger partial charge in [-0.3, -0.25) is 28.9 Å². The molecule has 0 aromatic heterocycles. The van der Waals surface area contributed by atoms with E-state index in [-0.39, 0.29) is 12.0 Å². The van der Waals surface area contributed by atoms with E-state index >= 15 is 0 Å². The number of carbonyl (C=O) groups is 5. The topological polar surface area (TPSA) is 232 Å². The van der Waals surface area contributed by atoms with Crippen LogP contribution in [0.2, 0.25) is 0 Å². The van der Waals surface area contributed by atoms with Crippen LogP contribution in [-0.2, 0) is 38.7 Å².